The second kappa shape index (κ2) is 5.89. The Hall–Kier alpha value is -1.81. The van der Waals surface area contributed by atoms with Crippen LogP contribution in [-0.4, -0.2) is 23.7 Å². The van der Waals surface area contributed by atoms with Crippen LogP contribution >= 0.6 is 0 Å². The van der Waals surface area contributed by atoms with Crippen LogP contribution < -0.4 is 10.1 Å². The number of aryl methyl sites for hydroxylation is 1. The van der Waals surface area contributed by atoms with E-state index in [1.807, 2.05) is 26.4 Å². The van der Waals surface area contributed by atoms with Gasteiger partial charge in [0, 0.05) is 17.8 Å². The number of benzene rings is 1. The Morgan fingerprint density at radius 2 is 2.11 bits per heavy atom. The van der Waals surface area contributed by atoms with Crippen LogP contribution in [-0.2, 0) is 13.1 Å². The van der Waals surface area contributed by atoms with E-state index in [4.69, 9.17) is 4.74 Å². The van der Waals surface area contributed by atoms with E-state index in [0.29, 0.717) is 0 Å². The summed E-state index contributed by atoms with van der Waals surface area (Å²) in [6.07, 6.45) is 1.88. The van der Waals surface area contributed by atoms with Gasteiger partial charge in [0.05, 0.1) is 25.7 Å². The smallest absolute Gasteiger partial charge is 0.123 e. The lowest BCUT2D eigenvalue weighted by molar-refractivity contribution is 0.408. The van der Waals surface area contributed by atoms with Crippen molar-refractivity contribution in [1.82, 2.24) is 14.9 Å². The fraction of sp³-hybridized carbons (Fsp3) is 0.400. The standard InChI is InChI=1S/C15H21N3O/c1-11-12(2)18(10-17-11)9-14-7-13(8-16-3)5-6-15(14)19-4/h5-7,10,16H,8-9H2,1-4H3. The number of methoxy groups -OCH3 is 1. The summed E-state index contributed by atoms with van der Waals surface area (Å²) in [6.45, 7) is 5.76. The fourth-order valence-electron chi connectivity index (χ4n) is 2.16. The molecule has 0 saturated carbocycles. The van der Waals surface area contributed by atoms with E-state index in [0.717, 1.165) is 24.5 Å². The lowest BCUT2D eigenvalue weighted by Gasteiger charge is -2.12. The Labute approximate surface area is 114 Å². The number of rotatable bonds is 5. The highest BCUT2D eigenvalue weighted by Gasteiger charge is 2.08. The van der Waals surface area contributed by atoms with Crippen LogP contribution in [0.4, 0.5) is 0 Å². The van der Waals surface area contributed by atoms with Crippen molar-refractivity contribution in [2.75, 3.05) is 14.2 Å². The Morgan fingerprint density at radius 1 is 1.32 bits per heavy atom. The Balaban J connectivity index is 2.31. The maximum absolute atomic E-state index is 5.44. The van der Waals surface area contributed by atoms with E-state index in [-0.39, 0.29) is 0 Å². The largest absolute Gasteiger partial charge is 0.496 e. The van der Waals surface area contributed by atoms with Crippen LogP contribution in [0.5, 0.6) is 5.75 Å². The van der Waals surface area contributed by atoms with Gasteiger partial charge in [0.15, 0.2) is 0 Å². The highest BCUT2D eigenvalue weighted by atomic mass is 16.5. The lowest BCUT2D eigenvalue weighted by Crippen LogP contribution is -2.07. The number of hydrogen-bond acceptors (Lipinski definition) is 3. The van der Waals surface area contributed by atoms with E-state index in [2.05, 4.69) is 33.9 Å². The molecular formula is C15H21N3O. The quantitative estimate of drug-likeness (QED) is 0.895. The minimum atomic E-state index is 0.785. The van der Waals surface area contributed by atoms with Gasteiger partial charge >= 0.3 is 0 Å². The molecule has 1 aromatic carbocycles. The summed E-state index contributed by atoms with van der Waals surface area (Å²) >= 11 is 0. The molecule has 1 N–H and O–H groups in total. The van der Waals surface area contributed by atoms with Crippen molar-refractivity contribution in [3.05, 3.63) is 47.0 Å². The lowest BCUT2D eigenvalue weighted by atomic mass is 10.1. The van der Waals surface area contributed by atoms with Crippen LogP contribution in [0.1, 0.15) is 22.5 Å². The van der Waals surface area contributed by atoms with Gasteiger partial charge in [0.25, 0.3) is 0 Å². The van der Waals surface area contributed by atoms with E-state index >= 15 is 0 Å². The van der Waals surface area contributed by atoms with E-state index in [1.54, 1.807) is 7.11 Å². The molecule has 2 aromatic rings. The zero-order valence-electron chi connectivity index (χ0n) is 12.0. The molecule has 0 aliphatic rings. The number of imidazole rings is 1. The zero-order chi connectivity index (χ0) is 13.8. The number of nitrogens with one attached hydrogen (secondary N) is 1. The Morgan fingerprint density at radius 3 is 2.68 bits per heavy atom. The van der Waals surface area contributed by atoms with Crippen molar-refractivity contribution in [1.29, 1.82) is 0 Å². The average Bonchev–Trinajstić information content (AvgIpc) is 2.72. The van der Waals surface area contributed by atoms with Gasteiger partial charge in [0.1, 0.15) is 5.75 Å². The first kappa shape index (κ1) is 13.6. The van der Waals surface area contributed by atoms with Crippen molar-refractivity contribution in [3.63, 3.8) is 0 Å². The summed E-state index contributed by atoms with van der Waals surface area (Å²) in [6, 6.07) is 6.30. The first-order valence-electron chi connectivity index (χ1n) is 6.44. The molecule has 0 aliphatic heterocycles. The van der Waals surface area contributed by atoms with Crippen LogP contribution in [0.15, 0.2) is 24.5 Å². The maximum Gasteiger partial charge on any atom is 0.123 e. The molecule has 1 heterocycles. The van der Waals surface area contributed by atoms with Crippen LogP contribution in [0.3, 0.4) is 0 Å². The van der Waals surface area contributed by atoms with E-state index in [9.17, 15) is 0 Å². The molecular weight excluding hydrogens is 238 g/mol. The number of ether oxygens (including phenoxy) is 1. The summed E-state index contributed by atoms with van der Waals surface area (Å²) < 4.78 is 7.59. The molecule has 0 bridgehead atoms. The molecule has 0 spiro atoms. The second-order valence-electron chi connectivity index (χ2n) is 4.72. The van der Waals surface area contributed by atoms with Gasteiger partial charge in [-0.1, -0.05) is 6.07 Å². The van der Waals surface area contributed by atoms with Gasteiger partial charge in [-0.05, 0) is 38.6 Å². The summed E-state index contributed by atoms with van der Waals surface area (Å²) in [5, 5.41) is 3.17. The zero-order valence-corrected chi connectivity index (χ0v) is 12.0. The van der Waals surface area contributed by atoms with Crippen LogP contribution in [0.25, 0.3) is 0 Å². The highest BCUT2D eigenvalue weighted by molar-refractivity contribution is 5.37. The van der Waals surface area contributed by atoms with Gasteiger partial charge < -0.3 is 14.6 Å². The van der Waals surface area contributed by atoms with Crippen molar-refractivity contribution in [2.24, 2.45) is 0 Å². The van der Waals surface area contributed by atoms with Gasteiger partial charge in [-0.3, -0.25) is 0 Å². The first-order chi connectivity index (χ1) is 9.15. The molecule has 1 aromatic heterocycles. The molecule has 0 saturated heterocycles. The minimum Gasteiger partial charge on any atom is -0.496 e. The van der Waals surface area contributed by atoms with Crippen molar-refractivity contribution in [3.8, 4) is 5.75 Å². The Bertz CT molecular complexity index is 561. The summed E-state index contributed by atoms with van der Waals surface area (Å²) in [4.78, 5) is 4.34. The van der Waals surface area contributed by atoms with Crippen molar-refractivity contribution < 1.29 is 4.74 Å². The van der Waals surface area contributed by atoms with Crippen LogP contribution in [0.2, 0.25) is 0 Å². The molecule has 2 rings (SSSR count). The minimum absolute atomic E-state index is 0.785. The fourth-order valence-corrected chi connectivity index (χ4v) is 2.16. The van der Waals surface area contributed by atoms with E-state index in [1.165, 1.54) is 16.8 Å². The predicted molar refractivity (Wildman–Crippen MR) is 76.6 cm³/mol. The highest BCUT2D eigenvalue weighted by Crippen LogP contribution is 2.22. The summed E-state index contributed by atoms with van der Waals surface area (Å²) in [5.74, 6) is 0.922. The molecule has 0 atom stereocenters. The van der Waals surface area contributed by atoms with Crippen LogP contribution in [0, 0.1) is 13.8 Å². The molecule has 0 aliphatic carbocycles. The molecule has 4 nitrogen and oxygen atoms in total. The summed E-state index contributed by atoms with van der Waals surface area (Å²) in [7, 11) is 3.66. The topological polar surface area (TPSA) is 39.1 Å². The normalized spacial score (nSPS) is 10.7. The second-order valence-corrected chi connectivity index (χ2v) is 4.72. The third-order valence-electron chi connectivity index (χ3n) is 3.41. The van der Waals surface area contributed by atoms with E-state index < -0.39 is 0 Å². The third-order valence-corrected chi connectivity index (χ3v) is 3.41. The molecule has 4 heteroatoms. The summed E-state index contributed by atoms with van der Waals surface area (Å²) in [5.41, 5.74) is 4.70. The van der Waals surface area contributed by atoms with Crippen molar-refractivity contribution in [2.45, 2.75) is 26.9 Å². The molecule has 0 radical (unpaired) electrons. The Kier molecular flexibility index (Phi) is 4.22. The van der Waals surface area contributed by atoms with Gasteiger partial charge in [0.2, 0.25) is 0 Å². The average molecular weight is 259 g/mol. The van der Waals surface area contributed by atoms with Crippen molar-refractivity contribution >= 4 is 0 Å². The predicted octanol–water partition coefficient (Wildman–Crippen LogP) is 2.28. The molecule has 0 amide bonds. The van der Waals surface area contributed by atoms with Gasteiger partial charge in [-0.25, -0.2) is 4.98 Å². The number of nitrogens with zero attached hydrogens (tertiary/aromatic N) is 2. The first-order valence-corrected chi connectivity index (χ1v) is 6.44. The number of hydrogen-bond donors (Lipinski definition) is 1. The third kappa shape index (κ3) is 2.96. The number of aromatic nitrogens is 2. The molecule has 102 valence electrons. The maximum atomic E-state index is 5.44. The SMILES string of the molecule is CNCc1ccc(OC)c(Cn2cnc(C)c2C)c1. The molecule has 19 heavy (non-hydrogen) atoms. The molecule has 0 unspecified atom stereocenters. The van der Waals surface area contributed by atoms with Gasteiger partial charge in [-0.2, -0.15) is 0 Å². The van der Waals surface area contributed by atoms with Gasteiger partial charge in [-0.15, -0.1) is 0 Å². The molecule has 0 fully saturated rings. The monoisotopic (exact) mass is 259 g/mol.